The zero-order chi connectivity index (χ0) is 29.5. The molecule has 0 bridgehead atoms. The van der Waals surface area contributed by atoms with Gasteiger partial charge in [-0.15, -0.1) is 0 Å². The number of nitrogens with zero attached hydrogens (tertiary/aromatic N) is 2. The maximum absolute atomic E-state index is 12.5. The van der Waals surface area contributed by atoms with Crippen LogP contribution >= 0.6 is 31.9 Å². The lowest BCUT2D eigenvalue weighted by Gasteiger charge is -2.00. The van der Waals surface area contributed by atoms with E-state index in [2.05, 4.69) is 46.6 Å². The number of hydrogen-bond acceptors (Lipinski definition) is 9. The second-order valence-electron chi connectivity index (χ2n) is 6.32. The van der Waals surface area contributed by atoms with Crippen LogP contribution in [0.5, 0.6) is 0 Å². The van der Waals surface area contributed by atoms with E-state index < -0.39 is 11.9 Å². The van der Waals surface area contributed by atoms with Crippen LogP contribution in [0.25, 0.3) is 0 Å². The lowest BCUT2D eigenvalue weighted by atomic mass is 10.2. The van der Waals surface area contributed by atoms with E-state index in [1.165, 1.54) is 12.3 Å². The maximum Gasteiger partial charge on any atom is 0.341 e. The fraction of sp³-hybridized carbons (Fsp3) is 0.269. The molecule has 12 heteroatoms. The van der Waals surface area contributed by atoms with Crippen molar-refractivity contribution in [2.45, 2.75) is 34.6 Å². The Hall–Kier alpha value is -3.38. The van der Waals surface area contributed by atoms with E-state index in [4.69, 9.17) is 21.6 Å². The van der Waals surface area contributed by atoms with Crippen molar-refractivity contribution in [3.8, 4) is 0 Å². The molecule has 5 N–H and O–H groups in total. The van der Waals surface area contributed by atoms with Gasteiger partial charge in [-0.3, -0.25) is 0 Å². The van der Waals surface area contributed by atoms with Crippen molar-refractivity contribution >= 4 is 62.0 Å². The fourth-order valence-electron chi connectivity index (χ4n) is 1.96. The summed E-state index contributed by atoms with van der Waals surface area (Å²) >= 11 is 6.49. The zero-order valence-corrected chi connectivity index (χ0v) is 25.2. The molecule has 2 aromatic rings. The minimum atomic E-state index is -0.556. The number of aliphatic imine (C=N–C) groups is 1. The first kappa shape index (κ1) is 36.8. The number of rotatable bonds is 7. The first-order valence-corrected chi connectivity index (χ1v) is 13.0. The molecule has 38 heavy (non-hydrogen) atoms. The van der Waals surface area contributed by atoms with E-state index in [0.717, 1.165) is 27.6 Å². The predicted molar refractivity (Wildman–Crippen MR) is 157 cm³/mol. The van der Waals surface area contributed by atoms with Gasteiger partial charge in [-0.25, -0.2) is 24.0 Å². The molecule has 1 heterocycles. The van der Waals surface area contributed by atoms with Gasteiger partial charge in [-0.05, 0) is 72.6 Å². The Kier molecular flexibility index (Phi) is 22.1. The van der Waals surface area contributed by atoms with Crippen molar-refractivity contribution < 1.29 is 23.5 Å². The second-order valence-corrected chi connectivity index (χ2v) is 8.15. The number of carbonyl (C=O) groups excluding carboxylic acids is 2. The van der Waals surface area contributed by atoms with Gasteiger partial charge in [0.05, 0.1) is 24.4 Å². The van der Waals surface area contributed by atoms with Crippen LogP contribution in [-0.4, -0.2) is 42.6 Å². The molecule has 1 aromatic heterocycles. The molecule has 9 nitrogen and oxygen atoms in total. The van der Waals surface area contributed by atoms with Gasteiger partial charge in [0.15, 0.2) is 5.82 Å². The number of ether oxygens (including phenoxy) is 2. The van der Waals surface area contributed by atoms with Crippen LogP contribution in [0.2, 0.25) is 0 Å². The highest BCUT2D eigenvalue weighted by Gasteiger charge is 2.07. The third-order valence-corrected chi connectivity index (χ3v) is 4.67. The molecule has 2 rings (SSSR count). The van der Waals surface area contributed by atoms with Gasteiger partial charge in [0.2, 0.25) is 0 Å². The topological polar surface area (TPSA) is 154 Å². The largest absolute Gasteiger partial charge is 0.462 e. The van der Waals surface area contributed by atoms with Gasteiger partial charge in [0.25, 0.3) is 0 Å². The number of pyridine rings is 1. The van der Waals surface area contributed by atoms with Gasteiger partial charge in [-0.1, -0.05) is 29.8 Å². The summed E-state index contributed by atoms with van der Waals surface area (Å²) in [7, 11) is 0. The number of aromatic nitrogens is 1. The van der Waals surface area contributed by atoms with Crippen LogP contribution < -0.4 is 11.5 Å². The Morgan fingerprint density at radius 2 is 1.53 bits per heavy atom. The number of halogens is 3. The standard InChI is InChI=1S/C11H12BrN3O2.C7H6BrF.C6H10N2O2.C2H6/c1-2-17-11(16)8(5-13)6-14-10-4-3-9(12)7-15-10;1-5-4-6(8)2-3-7(5)9;1-2-10-6(9)5(3-7)4-8;1-2/h3-7H,2,13H2,1H3;2-4H,1H3;3-4,7H,2,8H2,1H3;1-2H3/b8-5+,14-6?;;5-4+,7-3?;. The van der Waals surface area contributed by atoms with Gasteiger partial charge >= 0.3 is 11.9 Å². The number of nitrogens with one attached hydrogen (secondary N) is 1. The molecule has 208 valence electrons. The smallest absolute Gasteiger partial charge is 0.341 e. The van der Waals surface area contributed by atoms with E-state index in [-0.39, 0.29) is 17.0 Å². The highest BCUT2D eigenvalue weighted by Crippen LogP contribution is 2.14. The zero-order valence-electron chi connectivity index (χ0n) is 22.0. The third kappa shape index (κ3) is 16.4. The van der Waals surface area contributed by atoms with E-state index >= 15 is 0 Å². The Balaban J connectivity index is 0. The van der Waals surface area contributed by atoms with Crippen molar-refractivity contribution in [1.29, 1.82) is 5.41 Å². The van der Waals surface area contributed by atoms with E-state index in [1.54, 1.807) is 51.2 Å². The lowest BCUT2D eigenvalue weighted by molar-refractivity contribution is -0.138. The fourth-order valence-corrected chi connectivity index (χ4v) is 2.67. The molecule has 0 radical (unpaired) electrons. The first-order valence-electron chi connectivity index (χ1n) is 11.4. The minimum absolute atomic E-state index is 0.0712. The molecule has 0 aliphatic carbocycles. The average molecular weight is 659 g/mol. The summed E-state index contributed by atoms with van der Waals surface area (Å²) in [5, 5.41) is 6.69. The van der Waals surface area contributed by atoms with Crippen LogP contribution in [0, 0.1) is 18.2 Å². The third-order valence-electron chi connectivity index (χ3n) is 3.70. The number of benzene rings is 1. The Morgan fingerprint density at radius 1 is 1.00 bits per heavy atom. The molecule has 0 unspecified atom stereocenters. The Labute approximate surface area is 240 Å². The van der Waals surface area contributed by atoms with Crippen LogP contribution in [-0.2, 0) is 19.1 Å². The van der Waals surface area contributed by atoms with Gasteiger partial charge < -0.3 is 26.4 Å². The van der Waals surface area contributed by atoms with Gasteiger partial charge in [0.1, 0.15) is 5.82 Å². The summed E-state index contributed by atoms with van der Waals surface area (Å²) in [5.41, 5.74) is 11.2. The van der Waals surface area contributed by atoms with Crippen molar-refractivity contribution in [3.05, 3.63) is 80.4 Å². The van der Waals surface area contributed by atoms with Crippen molar-refractivity contribution in [2.75, 3.05) is 13.2 Å². The molecule has 0 saturated heterocycles. The molecule has 0 amide bonds. The summed E-state index contributed by atoms with van der Waals surface area (Å²) in [6.07, 6.45) is 6.00. The molecule has 0 atom stereocenters. The SMILES string of the molecule is CC.CCOC(=O)/C(C=N)=C/N.CCOC(=O)/C(C=Nc1ccc(Br)cn1)=C/N.Cc1cc(Br)ccc1F. The molecule has 0 aliphatic heterocycles. The average Bonchev–Trinajstić information content (AvgIpc) is 2.91. The summed E-state index contributed by atoms with van der Waals surface area (Å²) in [6, 6.07) is 8.38. The molecule has 0 saturated carbocycles. The molecule has 0 spiro atoms. The summed E-state index contributed by atoms with van der Waals surface area (Å²) < 4.78 is 23.6. The monoisotopic (exact) mass is 657 g/mol. The molecule has 1 aromatic carbocycles. The summed E-state index contributed by atoms with van der Waals surface area (Å²) in [4.78, 5) is 30.1. The van der Waals surface area contributed by atoms with Crippen molar-refractivity contribution in [1.82, 2.24) is 4.98 Å². The Morgan fingerprint density at radius 3 is 1.92 bits per heavy atom. The summed E-state index contributed by atoms with van der Waals surface area (Å²) in [6.45, 7) is 9.74. The van der Waals surface area contributed by atoms with E-state index in [0.29, 0.717) is 24.6 Å². The number of carbonyl (C=O) groups is 2. The number of hydrogen-bond donors (Lipinski definition) is 3. The van der Waals surface area contributed by atoms with E-state index in [9.17, 15) is 14.0 Å². The number of esters is 2. The van der Waals surface area contributed by atoms with Gasteiger partial charge in [0, 0.05) is 40.0 Å². The van der Waals surface area contributed by atoms with Crippen LogP contribution in [0.4, 0.5) is 10.2 Å². The van der Waals surface area contributed by atoms with Crippen molar-refractivity contribution in [2.24, 2.45) is 16.5 Å². The minimum Gasteiger partial charge on any atom is -0.462 e. The normalized spacial score (nSPS) is 10.5. The van der Waals surface area contributed by atoms with Crippen LogP contribution in [0.1, 0.15) is 33.3 Å². The van der Waals surface area contributed by atoms with Gasteiger partial charge in [-0.2, -0.15) is 0 Å². The maximum atomic E-state index is 12.5. The second kappa shape index (κ2) is 22.8. The highest BCUT2D eigenvalue weighted by molar-refractivity contribution is 9.10. The molecule has 0 fully saturated rings. The quantitative estimate of drug-likeness (QED) is 0.190. The van der Waals surface area contributed by atoms with E-state index in [1.807, 2.05) is 13.8 Å². The molecular formula is C26H34Br2FN5O4. The lowest BCUT2D eigenvalue weighted by Crippen LogP contribution is -2.10. The van der Waals surface area contributed by atoms with Crippen LogP contribution in [0.15, 0.2) is 74.0 Å². The predicted octanol–water partition coefficient (Wildman–Crippen LogP) is 5.92. The number of nitrogens with two attached hydrogens (primary N) is 2. The molecule has 0 aliphatic rings. The molecular weight excluding hydrogens is 625 g/mol. The number of aryl methyl sites for hydroxylation is 1. The Bertz CT molecular complexity index is 1090. The highest BCUT2D eigenvalue weighted by atomic mass is 79.9. The first-order chi connectivity index (χ1) is 18.1. The summed E-state index contributed by atoms with van der Waals surface area (Å²) in [5.74, 6) is -0.731. The van der Waals surface area contributed by atoms with Crippen molar-refractivity contribution in [3.63, 3.8) is 0 Å². The van der Waals surface area contributed by atoms with Crippen LogP contribution in [0.3, 0.4) is 0 Å².